The van der Waals surface area contributed by atoms with Crippen LogP contribution in [0.5, 0.6) is 0 Å². The second kappa shape index (κ2) is 8.42. The first-order valence-corrected chi connectivity index (χ1v) is 11.6. The van der Waals surface area contributed by atoms with E-state index in [4.69, 9.17) is 14.7 Å². The predicted octanol–water partition coefficient (Wildman–Crippen LogP) is 3.42. The van der Waals surface area contributed by atoms with E-state index in [2.05, 4.69) is 46.1 Å². The average Bonchev–Trinajstić information content (AvgIpc) is 3.38. The Kier molecular flexibility index (Phi) is 5.52. The fourth-order valence-corrected chi connectivity index (χ4v) is 5.58. The Morgan fingerprint density at radius 3 is 2.83 bits per heavy atom. The van der Waals surface area contributed by atoms with Crippen molar-refractivity contribution in [2.45, 2.75) is 32.6 Å². The lowest BCUT2D eigenvalue weighted by atomic mass is 9.95. The third-order valence-corrected chi connectivity index (χ3v) is 7.08. The summed E-state index contributed by atoms with van der Waals surface area (Å²) in [5.74, 6) is 1.86. The summed E-state index contributed by atoms with van der Waals surface area (Å²) in [6, 6.07) is 6.48. The third kappa shape index (κ3) is 3.79. The highest BCUT2D eigenvalue weighted by Crippen LogP contribution is 2.34. The van der Waals surface area contributed by atoms with Gasteiger partial charge in [-0.25, -0.2) is 9.97 Å². The largest absolute Gasteiger partial charge is 0.378 e. The molecule has 0 aliphatic carbocycles. The van der Waals surface area contributed by atoms with Gasteiger partial charge in [-0.05, 0) is 44.0 Å². The normalized spacial score (nSPS) is 18.6. The summed E-state index contributed by atoms with van der Waals surface area (Å²) < 4.78 is 7.92. The van der Waals surface area contributed by atoms with Crippen molar-refractivity contribution in [1.82, 2.24) is 19.9 Å². The molecule has 0 unspecified atom stereocenters. The molecule has 5 rings (SSSR count). The van der Waals surface area contributed by atoms with Crippen molar-refractivity contribution in [3.05, 3.63) is 35.2 Å². The molecule has 3 aromatic rings. The molecule has 0 amide bonds. The Labute approximate surface area is 175 Å². The third-order valence-electron chi connectivity index (χ3n) is 6.08. The molecule has 0 saturated carbocycles. The minimum atomic E-state index is 0.754. The summed E-state index contributed by atoms with van der Waals surface area (Å²) >= 11 is 1.83. The van der Waals surface area contributed by atoms with Crippen LogP contribution in [-0.4, -0.2) is 53.9 Å². The first-order chi connectivity index (χ1) is 14.3. The second-order valence-corrected chi connectivity index (χ2v) is 9.04. The number of morpholine rings is 1. The first-order valence-electron chi connectivity index (χ1n) is 10.8. The molecular weight excluding hydrogens is 382 g/mol. The van der Waals surface area contributed by atoms with Crippen molar-refractivity contribution in [3.8, 4) is 5.00 Å². The van der Waals surface area contributed by atoms with E-state index in [9.17, 15) is 0 Å². The number of thiazole rings is 1. The van der Waals surface area contributed by atoms with Gasteiger partial charge in [0.15, 0.2) is 0 Å². The van der Waals surface area contributed by atoms with Gasteiger partial charge < -0.3 is 15.0 Å². The molecule has 2 fully saturated rings. The van der Waals surface area contributed by atoms with E-state index in [-0.39, 0.29) is 0 Å². The van der Waals surface area contributed by atoms with Gasteiger partial charge in [0.1, 0.15) is 10.8 Å². The lowest BCUT2D eigenvalue weighted by molar-refractivity contribution is 0.123. The molecule has 2 saturated heterocycles. The summed E-state index contributed by atoms with van der Waals surface area (Å²) in [4.78, 5) is 12.2. The zero-order valence-electron chi connectivity index (χ0n) is 17.1. The molecule has 2 aliphatic rings. The smallest absolute Gasteiger partial charge is 0.121 e. The Balaban J connectivity index is 1.53. The number of benzene rings is 1. The molecule has 6 nitrogen and oxygen atoms in total. The van der Waals surface area contributed by atoms with Gasteiger partial charge in [-0.3, -0.25) is 4.57 Å². The van der Waals surface area contributed by atoms with Crippen LogP contribution < -0.4 is 10.2 Å². The van der Waals surface area contributed by atoms with E-state index in [0.29, 0.717) is 0 Å². The summed E-state index contributed by atoms with van der Waals surface area (Å²) in [7, 11) is 0. The van der Waals surface area contributed by atoms with Gasteiger partial charge in [0.05, 0.1) is 41.1 Å². The monoisotopic (exact) mass is 411 g/mol. The van der Waals surface area contributed by atoms with Crippen LogP contribution in [0.1, 0.15) is 30.6 Å². The van der Waals surface area contributed by atoms with Crippen LogP contribution in [0.3, 0.4) is 0 Å². The number of imidazole rings is 1. The van der Waals surface area contributed by atoms with E-state index in [1.54, 1.807) is 0 Å². The van der Waals surface area contributed by atoms with E-state index in [1.807, 2.05) is 11.3 Å². The molecule has 2 aromatic heterocycles. The number of aryl methyl sites for hydroxylation is 1. The first kappa shape index (κ1) is 19.0. The Morgan fingerprint density at radius 1 is 1.21 bits per heavy atom. The number of nitrogens with one attached hydrogen (secondary N) is 1. The van der Waals surface area contributed by atoms with Gasteiger partial charge in [-0.2, -0.15) is 0 Å². The number of ether oxygens (including phenoxy) is 1. The molecule has 154 valence electrons. The number of anilines is 1. The maximum atomic E-state index is 5.57. The van der Waals surface area contributed by atoms with Crippen LogP contribution in [0.15, 0.2) is 24.4 Å². The number of rotatable bonds is 5. The van der Waals surface area contributed by atoms with Crippen LogP contribution in [0.25, 0.3) is 16.0 Å². The quantitative estimate of drug-likeness (QED) is 0.697. The topological polar surface area (TPSA) is 55.2 Å². The highest BCUT2D eigenvalue weighted by atomic mass is 32.1. The van der Waals surface area contributed by atoms with Crippen LogP contribution in [-0.2, 0) is 17.6 Å². The summed E-state index contributed by atoms with van der Waals surface area (Å²) in [6.07, 6.45) is 6.56. The van der Waals surface area contributed by atoms with Crippen LogP contribution in [0.4, 0.5) is 5.69 Å². The predicted molar refractivity (Wildman–Crippen MR) is 118 cm³/mol. The number of nitrogens with zero attached hydrogens (tertiary/aromatic N) is 4. The molecule has 0 bridgehead atoms. The number of aromatic nitrogens is 3. The average molecular weight is 412 g/mol. The Hall–Kier alpha value is -1.96. The van der Waals surface area contributed by atoms with Gasteiger partial charge in [-0.15, -0.1) is 11.3 Å². The molecule has 2 aliphatic heterocycles. The summed E-state index contributed by atoms with van der Waals surface area (Å²) in [5, 5.41) is 5.90. The second-order valence-electron chi connectivity index (χ2n) is 7.95. The van der Waals surface area contributed by atoms with E-state index < -0.39 is 0 Å². The molecule has 0 radical (unpaired) electrons. The molecule has 29 heavy (non-hydrogen) atoms. The van der Waals surface area contributed by atoms with Crippen molar-refractivity contribution in [2.24, 2.45) is 5.92 Å². The minimum Gasteiger partial charge on any atom is -0.378 e. The number of piperidine rings is 1. The number of hydrogen-bond acceptors (Lipinski definition) is 6. The lowest BCUT2D eigenvalue weighted by Gasteiger charge is -2.29. The van der Waals surface area contributed by atoms with Crippen molar-refractivity contribution in [2.75, 3.05) is 44.3 Å². The molecule has 1 aromatic carbocycles. The molecule has 0 atom stereocenters. The van der Waals surface area contributed by atoms with Crippen LogP contribution in [0, 0.1) is 5.92 Å². The Morgan fingerprint density at radius 2 is 2.03 bits per heavy atom. The number of para-hydroxylation sites is 1. The summed E-state index contributed by atoms with van der Waals surface area (Å²) in [5.41, 5.74) is 3.54. The van der Waals surface area contributed by atoms with Gasteiger partial charge in [-0.1, -0.05) is 13.0 Å². The summed E-state index contributed by atoms with van der Waals surface area (Å²) in [6.45, 7) is 7.88. The zero-order chi connectivity index (χ0) is 19.6. The van der Waals surface area contributed by atoms with Crippen molar-refractivity contribution in [3.63, 3.8) is 0 Å². The number of hydrogen-bond donors (Lipinski definition) is 1. The molecule has 1 N–H and O–H groups in total. The Bertz CT molecular complexity index is 969. The minimum absolute atomic E-state index is 0.754. The van der Waals surface area contributed by atoms with E-state index in [1.165, 1.54) is 34.1 Å². The SMILES string of the molecule is CCc1nc2cccc(N3CCOCC3)c2n1-c1cnc(CC2CCNCC2)s1. The lowest BCUT2D eigenvalue weighted by Crippen LogP contribution is -2.36. The van der Waals surface area contributed by atoms with Gasteiger partial charge >= 0.3 is 0 Å². The van der Waals surface area contributed by atoms with Gasteiger partial charge in [0.2, 0.25) is 0 Å². The molecule has 0 spiro atoms. The highest BCUT2D eigenvalue weighted by Gasteiger charge is 2.22. The molecule has 7 heteroatoms. The van der Waals surface area contributed by atoms with Crippen LogP contribution >= 0.6 is 11.3 Å². The maximum Gasteiger partial charge on any atom is 0.121 e. The number of fused-ring (bicyclic) bond motifs is 1. The fraction of sp³-hybridized carbons (Fsp3) is 0.545. The van der Waals surface area contributed by atoms with E-state index in [0.717, 1.165) is 69.5 Å². The molecule has 4 heterocycles. The fourth-order valence-electron chi connectivity index (χ4n) is 4.52. The van der Waals surface area contributed by atoms with Crippen molar-refractivity contribution >= 4 is 28.1 Å². The standard InChI is InChI=1S/C22H29N5OS/c1-2-19-25-17-4-3-5-18(26-10-12-28-13-11-26)22(17)27(19)21-15-24-20(29-21)14-16-6-8-23-9-7-16/h3-5,15-16,23H,2,6-14H2,1H3. The zero-order valence-corrected chi connectivity index (χ0v) is 17.9. The van der Waals surface area contributed by atoms with Crippen molar-refractivity contribution in [1.29, 1.82) is 0 Å². The van der Waals surface area contributed by atoms with Gasteiger partial charge in [0, 0.05) is 25.9 Å². The maximum absolute atomic E-state index is 5.57. The molecular formula is C22H29N5OS. The van der Waals surface area contributed by atoms with Crippen molar-refractivity contribution < 1.29 is 4.74 Å². The highest BCUT2D eigenvalue weighted by molar-refractivity contribution is 7.14. The van der Waals surface area contributed by atoms with Gasteiger partial charge in [0.25, 0.3) is 0 Å². The van der Waals surface area contributed by atoms with Crippen LogP contribution in [0.2, 0.25) is 0 Å². The van der Waals surface area contributed by atoms with E-state index >= 15 is 0 Å².